The summed E-state index contributed by atoms with van der Waals surface area (Å²) >= 11 is 0. The highest BCUT2D eigenvalue weighted by atomic mass is 32.2. The zero-order valence-corrected chi connectivity index (χ0v) is 16.2. The molecule has 2 aliphatic rings. The summed E-state index contributed by atoms with van der Waals surface area (Å²) in [6.45, 7) is 0. The van der Waals surface area contributed by atoms with E-state index in [2.05, 4.69) is 4.98 Å². The van der Waals surface area contributed by atoms with Gasteiger partial charge < -0.3 is 9.88 Å². The molecule has 2 aromatic carbocycles. The van der Waals surface area contributed by atoms with Crippen molar-refractivity contribution in [2.75, 3.05) is 0 Å². The van der Waals surface area contributed by atoms with Crippen LogP contribution in [0.3, 0.4) is 0 Å². The second-order valence-corrected chi connectivity index (χ2v) is 10.1. The van der Waals surface area contributed by atoms with Crippen LogP contribution >= 0.6 is 0 Å². The van der Waals surface area contributed by atoms with Crippen molar-refractivity contribution in [2.45, 2.75) is 47.9 Å². The van der Waals surface area contributed by atoms with E-state index in [4.69, 9.17) is 0 Å². The normalized spacial score (nSPS) is 24.6. The Morgan fingerprint density at radius 2 is 1.68 bits per heavy atom. The predicted molar refractivity (Wildman–Crippen MR) is 108 cm³/mol. The van der Waals surface area contributed by atoms with E-state index in [0.29, 0.717) is 23.3 Å². The van der Waals surface area contributed by atoms with E-state index in [0.717, 1.165) is 23.7 Å². The molecular formula is C22H22N2O3S. The molecule has 0 radical (unpaired) electrons. The maximum atomic E-state index is 13.2. The van der Waals surface area contributed by atoms with Gasteiger partial charge in [-0.15, -0.1) is 0 Å². The standard InChI is InChI=1S/C22H22N2O3S/c25-22(16-7-6-15-10-11-23-21(15)12-16)24-17-8-9-18(24)14-20(13-17)28(26,27)19-4-2-1-3-5-19/h1-7,10-12,17-18,20,23H,8-9,13-14H2. The Hall–Kier alpha value is -2.60. The van der Waals surface area contributed by atoms with Crippen molar-refractivity contribution >= 4 is 26.6 Å². The Kier molecular flexibility index (Phi) is 4.05. The second-order valence-electron chi connectivity index (χ2n) is 7.83. The van der Waals surface area contributed by atoms with Gasteiger partial charge in [0.05, 0.1) is 10.1 Å². The monoisotopic (exact) mass is 394 g/mol. The van der Waals surface area contributed by atoms with Crippen LogP contribution in [0.15, 0.2) is 65.7 Å². The first-order valence-electron chi connectivity index (χ1n) is 9.73. The molecule has 1 N–H and O–H groups in total. The summed E-state index contributed by atoms with van der Waals surface area (Å²) in [6.07, 6.45) is 4.65. The molecule has 2 fully saturated rings. The van der Waals surface area contributed by atoms with Gasteiger partial charge in [0.1, 0.15) is 0 Å². The molecule has 5 rings (SSSR count). The number of sulfone groups is 1. The number of carbonyl (C=O) groups excluding carboxylic acids is 1. The highest BCUT2D eigenvalue weighted by Gasteiger charge is 2.47. The first kappa shape index (κ1) is 17.5. The molecule has 2 unspecified atom stereocenters. The number of nitrogens with one attached hydrogen (secondary N) is 1. The summed E-state index contributed by atoms with van der Waals surface area (Å²) in [6, 6.07) is 16.4. The number of aromatic nitrogens is 1. The quantitative estimate of drug-likeness (QED) is 0.735. The van der Waals surface area contributed by atoms with Crippen molar-refractivity contribution in [3.05, 3.63) is 66.4 Å². The maximum absolute atomic E-state index is 13.2. The summed E-state index contributed by atoms with van der Waals surface area (Å²) in [7, 11) is -3.37. The van der Waals surface area contributed by atoms with E-state index in [9.17, 15) is 13.2 Å². The van der Waals surface area contributed by atoms with Crippen molar-refractivity contribution in [1.82, 2.24) is 9.88 Å². The molecule has 2 bridgehead atoms. The van der Waals surface area contributed by atoms with E-state index in [1.807, 2.05) is 41.4 Å². The van der Waals surface area contributed by atoms with Crippen LogP contribution in [0.1, 0.15) is 36.0 Å². The van der Waals surface area contributed by atoms with E-state index in [-0.39, 0.29) is 18.0 Å². The number of hydrogen-bond acceptors (Lipinski definition) is 3. The zero-order valence-electron chi connectivity index (χ0n) is 15.4. The minimum Gasteiger partial charge on any atom is -0.361 e. The molecule has 2 aliphatic heterocycles. The SMILES string of the molecule is O=C(c1ccc2cc[nH]c2c1)N1C2CCC1CC(S(=O)(=O)c1ccccc1)C2. The Bertz CT molecular complexity index is 1120. The van der Waals surface area contributed by atoms with E-state index in [1.54, 1.807) is 24.3 Å². The number of piperidine rings is 1. The average molecular weight is 394 g/mol. The van der Waals surface area contributed by atoms with Gasteiger partial charge in [0, 0.05) is 29.4 Å². The molecule has 1 aromatic heterocycles. The fourth-order valence-electron chi connectivity index (χ4n) is 4.84. The van der Waals surface area contributed by atoms with Crippen LogP contribution in [-0.2, 0) is 9.84 Å². The Balaban J connectivity index is 1.40. The van der Waals surface area contributed by atoms with Gasteiger partial charge in [0.15, 0.2) is 9.84 Å². The number of fused-ring (bicyclic) bond motifs is 3. The smallest absolute Gasteiger partial charge is 0.254 e. The van der Waals surface area contributed by atoms with Crippen molar-refractivity contribution in [3.63, 3.8) is 0 Å². The topological polar surface area (TPSA) is 70.2 Å². The average Bonchev–Trinajstić information content (AvgIpc) is 3.29. The molecule has 5 nitrogen and oxygen atoms in total. The third-order valence-electron chi connectivity index (χ3n) is 6.24. The van der Waals surface area contributed by atoms with Crippen LogP contribution in [0, 0.1) is 0 Å². The van der Waals surface area contributed by atoms with Crippen LogP contribution in [0.25, 0.3) is 10.9 Å². The molecule has 144 valence electrons. The molecule has 6 heteroatoms. The first-order chi connectivity index (χ1) is 13.5. The molecule has 2 atom stereocenters. The number of rotatable bonds is 3. The lowest BCUT2D eigenvalue weighted by molar-refractivity contribution is 0.0598. The predicted octanol–water partition coefficient (Wildman–Crippen LogP) is 3.78. The summed E-state index contributed by atoms with van der Waals surface area (Å²) in [4.78, 5) is 18.7. The van der Waals surface area contributed by atoms with Crippen LogP contribution in [0.4, 0.5) is 0 Å². The highest BCUT2D eigenvalue weighted by Crippen LogP contribution is 2.40. The first-order valence-corrected chi connectivity index (χ1v) is 11.3. The van der Waals surface area contributed by atoms with Gasteiger partial charge in [-0.1, -0.05) is 24.3 Å². The van der Waals surface area contributed by atoms with Gasteiger partial charge in [-0.2, -0.15) is 0 Å². The highest BCUT2D eigenvalue weighted by molar-refractivity contribution is 7.92. The number of carbonyl (C=O) groups is 1. The van der Waals surface area contributed by atoms with E-state index in [1.165, 1.54) is 0 Å². The second kappa shape index (κ2) is 6.48. The number of hydrogen-bond donors (Lipinski definition) is 1. The molecule has 2 saturated heterocycles. The van der Waals surface area contributed by atoms with Gasteiger partial charge in [0.25, 0.3) is 5.91 Å². The minimum absolute atomic E-state index is 0.00549. The van der Waals surface area contributed by atoms with Gasteiger partial charge in [-0.3, -0.25) is 4.79 Å². The fraction of sp³-hybridized carbons (Fsp3) is 0.318. The van der Waals surface area contributed by atoms with Gasteiger partial charge >= 0.3 is 0 Å². The molecule has 0 spiro atoms. The number of benzene rings is 2. The third kappa shape index (κ3) is 2.75. The summed E-state index contributed by atoms with van der Waals surface area (Å²) in [5.74, 6) is 0.0135. The molecule has 0 aliphatic carbocycles. The number of H-pyrrole nitrogens is 1. The lowest BCUT2D eigenvalue weighted by Crippen LogP contribution is -2.49. The molecular weight excluding hydrogens is 372 g/mol. The van der Waals surface area contributed by atoms with Gasteiger partial charge in [-0.05, 0) is 61.4 Å². The number of aromatic amines is 1. The lowest BCUT2D eigenvalue weighted by atomic mass is 10.0. The molecule has 3 heterocycles. The van der Waals surface area contributed by atoms with Crippen molar-refractivity contribution in [3.8, 4) is 0 Å². The van der Waals surface area contributed by atoms with Crippen molar-refractivity contribution in [2.24, 2.45) is 0 Å². The summed E-state index contributed by atoms with van der Waals surface area (Å²) < 4.78 is 26.1. The summed E-state index contributed by atoms with van der Waals surface area (Å²) in [5, 5.41) is 0.662. The molecule has 28 heavy (non-hydrogen) atoms. The van der Waals surface area contributed by atoms with E-state index >= 15 is 0 Å². The lowest BCUT2D eigenvalue weighted by Gasteiger charge is -2.38. The van der Waals surface area contributed by atoms with Crippen LogP contribution in [0.2, 0.25) is 0 Å². The minimum atomic E-state index is -3.37. The number of amides is 1. The fourth-order valence-corrected chi connectivity index (χ4v) is 6.72. The maximum Gasteiger partial charge on any atom is 0.254 e. The van der Waals surface area contributed by atoms with Crippen molar-refractivity contribution in [1.29, 1.82) is 0 Å². The van der Waals surface area contributed by atoms with Crippen molar-refractivity contribution < 1.29 is 13.2 Å². The zero-order chi connectivity index (χ0) is 19.3. The molecule has 0 saturated carbocycles. The van der Waals surface area contributed by atoms with Crippen LogP contribution in [0.5, 0.6) is 0 Å². The Morgan fingerprint density at radius 3 is 2.39 bits per heavy atom. The third-order valence-corrected chi connectivity index (χ3v) is 8.43. The Labute approximate surface area is 164 Å². The summed E-state index contributed by atoms with van der Waals surface area (Å²) in [5.41, 5.74) is 1.61. The molecule has 3 aromatic rings. The van der Waals surface area contributed by atoms with Crippen LogP contribution in [-0.4, -0.2) is 41.5 Å². The van der Waals surface area contributed by atoms with Gasteiger partial charge in [-0.25, -0.2) is 8.42 Å². The van der Waals surface area contributed by atoms with Gasteiger partial charge in [0.2, 0.25) is 0 Å². The Morgan fingerprint density at radius 1 is 0.964 bits per heavy atom. The number of nitrogens with zero attached hydrogens (tertiary/aromatic N) is 1. The van der Waals surface area contributed by atoms with Crippen LogP contribution < -0.4 is 0 Å². The largest absolute Gasteiger partial charge is 0.361 e. The van der Waals surface area contributed by atoms with E-state index < -0.39 is 15.1 Å². The molecule has 1 amide bonds.